The highest BCUT2D eigenvalue weighted by atomic mass is 19.3. The summed E-state index contributed by atoms with van der Waals surface area (Å²) in [6, 6.07) is 5.77. The van der Waals surface area contributed by atoms with Gasteiger partial charge in [0.25, 0.3) is 0 Å². The number of carbonyl (C=O) groups is 1. The number of rotatable bonds is 7. The normalized spacial score (nSPS) is 15.8. The summed E-state index contributed by atoms with van der Waals surface area (Å²) < 4.78 is 35.0. The third kappa shape index (κ3) is 5.26. The number of alkyl halides is 2. The molecule has 1 aliphatic rings. The Bertz CT molecular complexity index is 1400. The van der Waals surface area contributed by atoms with Crippen LogP contribution in [0.1, 0.15) is 56.9 Å². The predicted molar refractivity (Wildman–Crippen MR) is 138 cm³/mol. The van der Waals surface area contributed by atoms with E-state index in [1.54, 1.807) is 12.3 Å². The molecule has 0 aromatic carbocycles. The molecule has 1 aliphatic carbocycles. The van der Waals surface area contributed by atoms with Crippen LogP contribution in [0.5, 0.6) is 0 Å². The molecule has 9 heteroatoms. The maximum absolute atomic E-state index is 13.8. The standard InChI is InChI=1S/C28H31F2N5O2/c1-4-5-25(36)33-24-7-6-20(13-31-24)22-16-35(15-19-8-10-28(29,30)11-9-19)23-12-21(14-32-27(22)23)26-17(2)34-37-18(26)3/h6-7,12-14,16,19H,4-5,8-11,15H2,1-3H3,(H,31,33,36). The first-order valence-corrected chi connectivity index (χ1v) is 12.8. The van der Waals surface area contributed by atoms with Crippen LogP contribution in [0.4, 0.5) is 14.6 Å². The van der Waals surface area contributed by atoms with Gasteiger partial charge >= 0.3 is 0 Å². The van der Waals surface area contributed by atoms with Gasteiger partial charge in [0.1, 0.15) is 11.6 Å². The Balaban J connectivity index is 1.52. The fraction of sp³-hybridized carbons (Fsp3) is 0.429. The third-order valence-corrected chi connectivity index (χ3v) is 7.15. The van der Waals surface area contributed by atoms with Crippen molar-refractivity contribution in [2.45, 2.75) is 71.8 Å². The summed E-state index contributed by atoms with van der Waals surface area (Å²) in [5.41, 5.74) is 6.10. The van der Waals surface area contributed by atoms with E-state index >= 15 is 0 Å². The van der Waals surface area contributed by atoms with Crippen LogP contribution in [0.15, 0.2) is 41.3 Å². The average Bonchev–Trinajstić information content (AvgIpc) is 3.39. The number of hydrogen-bond acceptors (Lipinski definition) is 5. The van der Waals surface area contributed by atoms with E-state index in [0.717, 1.165) is 51.2 Å². The van der Waals surface area contributed by atoms with Gasteiger partial charge in [-0.05, 0) is 57.2 Å². The second-order valence-corrected chi connectivity index (χ2v) is 10.0. The predicted octanol–water partition coefficient (Wildman–Crippen LogP) is 6.93. The molecule has 4 aromatic rings. The number of aromatic nitrogens is 4. The van der Waals surface area contributed by atoms with Crippen molar-refractivity contribution in [3.63, 3.8) is 0 Å². The lowest BCUT2D eigenvalue weighted by atomic mass is 9.87. The van der Waals surface area contributed by atoms with Gasteiger partial charge in [0.2, 0.25) is 11.8 Å². The van der Waals surface area contributed by atoms with Gasteiger partial charge in [0.05, 0.1) is 16.7 Å². The SMILES string of the molecule is CCCC(=O)Nc1ccc(-c2cn(CC3CCC(F)(F)CC3)c3cc(-c4c(C)noc4C)cnc23)cn1. The van der Waals surface area contributed by atoms with Crippen LogP contribution in [0.2, 0.25) is 0 Å². The van der Waals surface area contributed by atoms with Gasteiger partial charge in [-0.15, -0.1) is 0 Å². The highest BCUT2D eigenvalue weighted by Crippen LogP contribution is 2.39. The Kier molecular flexibility index (Phi) is 6.79. The molecular formula is C28H31F2N5O2. The molecule has 37 heavy (non-hydrogen) atoms. The fourth-order valence-electron chi connectivity index (χ4n) is 5.18. The molecule has 1 N–H and O–H groups in total. The van der Waals surface area contributed by atoms with Crippen molar-refractivity contribution in [3.8, 4) is 22.3 Å². The zero-order valence-electron chi connectivity index (χ0n) is 21.4. The lowest BCUT2D eigenvalue weighted by Crippen LogP contribution is -2.26. The van der Waals surface area contributed by atoms with Crippen LogP contribution < -0.4 is 5.32 Å². The maximum Gasteiger partial charge on any atom is 0.248 e. The number of amides is 1. The van der Waals surface area contributed by atoms with Crippen molar-refractivity contribution >= 4 is 22.8 Å². The highest BCUT2D eigenvalue weighted by Gasteiger charge is 2.35. The van der Waals surface area contributed by atoms with Crippen molar-refractivity contribution in [2.24, 2.45) is 5.92 Å². The first-order valence-electron chi connectivity index (χ1n) is 12.8. The Morgan fingerprint density at radius 2 is 1.92 bits per heavy atom. The van der Waals surface area contributed by atoms with E-state index in [0.29, 0.717) is 31.6 Å². The minimum Gasteiger partial charge on any atom is -0.361 e. The molecule has 1 fully saturated rings. The molecule has 0 unspecified atom stereocenters. The van der Waals surface area contributed by atoms with Gasteiger partial charge in [0, 0.05) is 66.7 Å². The van der Waals surface area contributed by atoms with E-state index in [1.807, 2.05) is 39.2 Å². The van der Waals surface area contributed by atoms with E-state index in [-0.39, 0.29) is 24.7 Å². The van der Waals surface area contributed by atoms with Crippen molar-refractivity contribution in [3.05, 3.63) is 48.2 Å². The van der Waals surface area contributed by atoms with Gasteiger partial charge in [-0.25, -0.2) is 13.8 Å². The minimum atomic E-state index is -2.56. The Hall–Kier alpha value is -3.62. The number of hydrogen-bond donors (Lipinski definition) is 1. The minimum absolute atomic E-state index is 0.0640. The van der Waals surface area contributed by atoms with Crippen LogP contribution in [0.25, 0.3) is 33.3 Å². The van der Waals surface area contributed by atoms with E-state index in [4.69, 9.17) is 9.51 Å². The second kappa shape index (κ2) is 10.0. The van der Waals surface area contributed by atoms with Crippen LogP contribution in [0.3, 0.4) is 0 Å². The molecule has 0 bridgehead atoms. The van der Waals surface area contributed by atoms with Crippen LogP contribution in [-0.4, -0.2) is 31.5 Å². The van der Waals surface area contributed by atoms with Crippen LogP contribution in [0, 0.1) is 19.8 Å². The molecule has 5 rings (SSSR count). The largest absolute Gasteiger partial charge is 0.361 e. The first kappa shape index (κ1) is 25.0. The number of fused-ring (bicyclic) bond motifs is 1. The summed E-state index contributed by atoms with van der Waals surface area (Å²) in [6.07, 6.45) is 7.64. The van der Waals surface area contributed by atoms with Crippen molar-refractivity contribution in [1.82, 2.24) is 19.7 Å². The van der Waals surface area contributed by atoms with E-state index in [2.05, 4.69) is 26.1 Å². The number of pyridine rings is 2. The summed E-state index contributed by atoms with van der Waals surface area (Å²) in [6.45, 7) is 6.36. The third-order valence-electron chi connectivity index (χ3n) is 7.15. The molecule has 1 amide bonds. The summed E-state index contributed by atoms with van der Waals surface area (Å²) in [4.78, 5) is 21.2. The first-order chi connectivity index (χ1) is 17.7. The Morgan fingerprint density at radius 3 is 2.57 bits per heavy atom. The van der Waals surface area contributed by atoms with Gasteiger partial charge in [-0.1, -0.05) is 12.1 Å². The Labute approximate surface area is 214 Å². The molecule has 7 nitrogen and oxygen atoms in total. The molecule has 194 valence electrons. The molecule has 0 aliphatic heterocycles. The highest BCUT2D eigenvalue weighted by molar-refractivity contribution is 5.95. The smallest absolute Gasteiger partial charge is 0.248 e. The van der Waals surface area contributed by atoms with Crippen molar-refractivity contribution in [1.29, 1.82) is 0 Å². The van der Waals surface area contributed by atoms with E-state index in [1.165, 1.54) is 0 Å². The number of nitrogens with zero attached hydrogens (tertiary/aromatic N) is 4. The monoisotopic (exact) mass is 507 g/mol. The molecule has 0 spiro atoms. The fourth-order valence-corrected chi connectivity index (χ4v) is 5.18. The molecule has 0 atom stereocenters. The number of aryl methyl sites for hydroxylation is 2. The number of carbonyl (C=O) groups excluding carboxylic acids is 1. The zero-order valence-corrected chi connectivity index (χ0v) is 21.4. The molecular weight excluding hydrogens is 476 g/mol. The van der Waals surface area contributed by atoms with Gasteiger partial charge in [-0.2, -0.15) is 0 Å². The Morgan fingerprint density at radius 1 is 1.16 bits per heavy atom. The average molecular weight is 508 g/mol. The molecule has 0 radical (unpaired) electrons. The summed E-state index contributed by atoms with van der Waals surface area (Å²) in [5, 5.41) is 6.89. The quantitative estimate of drug-likeness (QED) is 0.293. The van der Waals surface area contributed by atoms with Gasteiger partial charge in [0.15, 0.2) is 0 Å². The van der Waals surface area contributed by atoms with Crippen LogP contribution >= 0.6 is 0 Å². The summed E-state index contributed by atoms with van der Waals surface area (Å²) in [5.74, 6) is -1.23. The van der Waals surface area contributed by atoms with Crippen molar-refractivity contribution < 1.29 is 18.1 Å². The van der Waals surface area contributed by atoms with Gasteiger partial charge < -0.3 is 14.4 Å². The van der Waals surface area contributed by atoms with Gasteiger partial charge in [-0.3, -0.25) is 9.78 Å². The molecule has 4 aromatic heterocycles. The molecule has 0 saturated heterocycles. The van der Waals surface area contributed by atoms with E-state index < -0.39 is 5.92 Å². The molecule has 1 saturated carbocycles. The second-order valence-electron chi connectivity index (χ2n) is 10.0. The maximum atomic E-state index is 13.8. The lowest BCUT2D eigenvalue weighted by Gasteiger charge is -2.28. The lowest BCUT2D eigenvalue weighted by molar-refractivity contribution is -0.116. The van der Waals surface area contributed by atoms with Crippen LogP contribution in [-0.2, 0) is 11.3 Å². The topological polar surface area (TPSA) is 85.8 Å². The molecule has 4 heterocycles. The summed E-state index contributed by atoms with van der Waals surface area (Å²) in [7, 11) is 0. The zero-order chi connectivity index (χ0) is 26.2. The number of anilines is 1. The number of halogens is 2. The summed E-state index contributed by atoms with van der Waals surface area (Å²) >= 11 is 0. The van der Waals surface area contributed by atoms with E-state index in [9.17, 15) is 13.6 Å². The van der Waals surface area contributed by atoms with Crippen molar-refractivity contribution in [2.75, 3.05) is 5.32 Å². The number of nitrogens with one attached hydrogen (secondary N) is 1.